The zero-order valence-corrected chi connectivity index (χ0v) is 35.2. The number of rotatable bonds is 5. The van der Waals surface area contributed by atoms with Gasteiger partial charge in [-0.25, -0.2) is 15.0 Å². The lowest BCUT2D eigenvalue weighted by Crippen LogP contribution is -2.29. The molecule has 0 atom stereocenters. The van der Waals surface area contributed by atoms with Crippen molar-refractivity contribution in [3.8, 4) is 89.8 Å². The van der Waals surface area contributed by atoms with Gasteiger partial charge in [-0.1, -0.05) is 206 Å². The lowest BCUT2D eigenvalue weighted by atomic mass is 9.66. The Kier molecular flexibility index (Phi) is 8.40. The fourth-order valence-corrected chi connectivity index (χ4v) is 10.6. The summed E-state index contributed by atoms with van der Waals surface area (Å²) in [4.78, 5) is 20.2. The van der Waals surface area contributed by atoms with Crippen molar-refractivity contribution in [2.75, 3.05) is 0 Å². The molecule has 4 nitrogen and oxygen atoms in total. The molecular weight excluding hydrogens is 789 g/mol. The van der Waals surface area contributed by atoms with Crippen molar-refractivity contribution in [2.45, 2.75) is 5.41 Å². The second kappa shape index (κ2) is 14.8. The molecule has 0 aliphatic heterocycles. The zero-order chi connectivity index (χ0) is 42.9. The standard InChI is InChI=1S/C61H38N4/c1-2-16-46-40(13-1)14-11-22-47(46)41-28-32-43(33-29-41)59-63-58(42-30-26-39(27-31-42)45-15-12-36-62-38-45)64-60(65-59)44-34-35-57-53(37-44)49-18-4-3-17-48(49)50-19-5-8-23-54(50)61(57)55-24-9-6-20-51(55)52-21-7-10-25-56(52)61/h1-38H. The molecule has 0 N–H and O–H groups in total. The predicted octanol–water partition coefficient (Wildman–Crippen LogP) is 14.8. The van der Waals surface area contributed by atoms with Crippen LogP contribution >= 0.6 is 0 Å². The van der Waals surface area contributed by atoms with Crippen molar-refractivity contribution in [2.24, 2.45) is 0 Å². The van der Waals surface area contributed by atoms with Gasteiger partial charge in [0.05, 0.1) is 5.41 Å². The molecule has 2 aliphatic rings. The van der Waals surface area contributed by atoms with E-state index in [0.29, 0.717) is 17.5 Å². The summed E-state index contributed by atoms with van der Waals surface area (Å²) in [7, 11) is 0. The van der Waals surface area contributed by atoms with E-state index in [2.05, 4.69) is 217 Å². The molecule has 302 valence electrons. The van der Waals surface area contributed by atoms with Crippen LogP contribution in [0.25, 0.3) is 101 Å². The minimum atomic E-state index is -0.562. The molecular formula is C61H38N4. The van der Waals surface area contributed by atoms with E-state index in [1.807, 2.05) is 12.3 Å². The molecule has 1 spiro atoms. The van der Waals surface area contributed by atoms with Crippen LogP contribution < -0.4 is 0 Å². The van der Waals surface area contributed by atoms with Gasteiger partial charge in [0.1, 0.15) is 0 Å². The third-order valence-corrected chi connectivity index (χ3v) is 13.5. The Hall–Kier alpha value is -8.60. The minimum absolute atomic E-state index is 0.562. The molecule has 0 radical (unpaired) electrons. The largest absolute Gasteiger partial charge is 0.264 e. The molecule has 0 amide bonds. The lowest BCUT2D eigenvalue weighted by molar-refractivity contribution is 0.775. The van der Waals surface area contributed by atoms with E-state index in [4.69, 9.17) is 15.0 Å². The van der Waals surface area contributed by atoms with Crippen molar-refractivity contribution in [3.63, 3.8) is 0 Å². The first-order valence-corrected chi connectivity index (χ1v) is 22.1. The Morgan fingerprint density at radius 1 is 0.277 bits per heavy atom. The Balaban J connectivity index is 1.02. The summed E-state index contributed by atoms with van der Waals surface area (Å²) >= 11 is 0. The summed E-state index contributed by atoms with van der Waals surface area (Å²) in [6, 6.07) is 78.7. The summed E-state index contributed by atoms with van der Waals surface area (Å²) in [6.07, 6.45) is 3.68. The third-order valence-electron chi connectivity index (χ3n) is 13.5. The molecule has 2 heterocycles. The second-order valence-electron chi connectivity index (χ2n) is 16.9. The topological polar surface area (TPSA) is 51.6 Å². The van der Waals surface area contributed by atoms with Crippen LogP contribution in [0.1, 0.15) is 22.3 Å². The molecule has 0 saturated heterocycles. The van der Waals surface area contributed by atoms with Crippen LogP contribution in [0.4, 0.5) is 0 Å². The third kappa shape index (κ3) is 5.77. The van der Waals surface area contributed by atoms with Crippen LogP contribution in [-0.2, 0) is 5.41 Å². The van der Waals surface area contributed by atoms with Gasteiger partial charge in [-0.3, -0.25) is 4.98 Å². The van der Waals surface area contributed by atoms with Gasteiger partial charge in [0.15, 0.2) is 17.5 Å². The van der Waals surface area contributed by atoms with Crippen molar-refractivity contribution in [1.29, 1.82) is 0 Å². The summed E-state index contributed by atoms with van der Waals surface area (Å²) < 4.78 is 0. The van der Waals surface area contributed by atoms with Crippen LogP contribution in [0.3, 0.4) is 0 Å². The number of fused-ring (bicyclic) bond motifs is 13. The molecule has 4 heteroatoms. The maximum absolute atomic E-state index is 5.32. The highest BCUT2D eigenvalue weighted by atomic mass is 15.0. The summed E-state index contributed by atoms with van der Waals surface area (Å²) in [6.45, 7) is 0. The van der Waals surface area contributed by atoms with Gasteiger partial charge >= 0.3 is 0 Å². The van der Waals surface area contributed by atoms with Gasteiger partial charge in [-0.05, 0) is 101 Å². The number of benzene rings is 9. The monoisotopic (exact) mass is 826 g/mol. The van der Waals surface area contributed by atoms with Crippen LogP contribution in [0.5, 0.6) is 0 Å². The van der Waals surface area contributed by atoms with Crippen molar-refractivity contribution in [1.82, 2.24) is 19.9 Å². The molecule has 9 aromatic carbocycles. The highest BCUT2D eigenvalue weighted by Crippen LogP contribution is 2.61. The molecule has 0 fully saturated rings. The lowest BCUT2D eigenvalue weighted by Gasteiger charge is -2.35. The van der Waals surface area contributed by atoms with Crippen molar-refractivity contribution in [3.05, 3.63) is 253 Å². The quantitative estimate of drug-likeness (QED) is 0.173. The maximum atomic E-state index is 5.32. The number of aromatic nitrogens is 4. The number of pyridine rings is 1. The van der Waals surface area contributed by atoms with E-state index in [9.17, 15) is 0 Å². The molecule has 11 aromatic rings. The van der Waals surface area contributed by atoms with E-state index in [1.54, 1.807) is 6.20 Å². The number of nitrogens with zero attached hydrogens (tertiary/aromatic N) is 4. The highest BCUT2D eigenvalue weighted by molar-refractivity contribution is 5.99. The van der Waals surface area contributed by atoms with Gasteiger partial charge in [-0.2, -0.15) is 0 Å². The number of hydrogen-bond acceptors (Lipinski definition) is 4. The predicted molar refractivity (Wildman–Crippen MR) is 264 cm³/mol. The van der Waals surface area contributed by atoms with Crippen LogP contribution in [0.2, 0.25) is 0 Å². The Labute approximate surface area is 377 Å². The van der Waals surface area contributed by atoms with Crippen LogP contribution in [0, 0.1) is 0 Å². The van der Waals surface area contributed by atoms with E-state index in [0.717, 1.165) is 38.9 Å². The Morgan fingerprint density at radius 2 is 0.723 bits per heavy atom. The molecule has 65 heavy (non-hydrogen) atoms. The molecule has 0 bridgehead atoms. The zero-order valence-electron chi connectivity index (χ0n) is 35.2. The maximum Gasteiger partial charge on any atom is 0.164 e. The smallest absolute Gasteiger partial charge is 0.164 e. The van der Waals surface area contributed by atoms with Gasteiger partial charge in [0.25, 0.3) is 0 Å². The molecule has 0 unspecified atom stereocenters. The Bertz CT molecular complexity index is 3600. The molecule has 2 aromatic heterocycles. The average molecular weight is 827 g/mol. The first-order valence-electron chi connectivity index (χ1n) is 22.1. The minimum Gasteiger partial charge on any atom is -0.264 e. The fraction of sp³-hybridized carbons (Fsp3) is 0.0164. The van der Waals surface area contributed by atoms with Crippen LogP contribution in [0.15, 0.2) is 231 Å². The normalized spacial score (nSPS) is 12.7. The number of hydrogen-bond donors (Lipinski definition) is 0. The van der Waals surface area contributed by atoms with Gasteiger partial charge in [0.2, 0.25) is 0 Å². The van der Waals surface area contributed by atoms with Crippen molar-refractivity contribution >= 4 is 10.8 Å². The summed E-state index contributed by atoms with van der Waals surface area (Å²) in [5.41, 5.74) is 19.1. The van der Waals surface area contributed by atoms with Gasteiger partial charge in [0, 0.05) is 29.1 Å². The molecule has 13 rings (SSSR count). The summed E-state index contributed by atoms with van der Waals surface area (Å²) in [5.74, 6) is 1.84. The van der Waals surface area contributed by atoms with E-state index < -0.39 is 5.41 Å². The Morgan fingerprint density at radius 3 is 1.34 bits per heavy atom. The van der Waals surface area contributed by atoms with Gasteiger partial charge in [-0.15, -0.1) is 0 Å². The second-order valence-corrected chi connectivity index (χ2v) is 16.9. The van der Waals surface area contributed by atoms with E-state index >= 15 is 0 Å². The fourth-order valence-electron chi connectivity index (χ4n) is 10.6. The summed E-state index contributed by atoms with van der Waals surface area (Å²) in [5, 5.41) is 2.44. The molecule has 0 saturated carbocycles. The average Bonchev–Trinajstić information content (AvgIpc) is 3.63. The highest BCUT2D eigenvalue weighted by Gasteiger charge is 2.49. The van der Waals surface area contributed by atoms with Crippen LogP contribution in [-0.4, -0.2) is 19.9 Å². The SMILES string of the molecule is c1cncc(-c2ccc(-c3nc(-c4ccc(-c5cccc6ccccc56)cc4)nc(-c4ccc5c(c4)-c4ccccc4-c4ccccc4C54c5ccccc5-c5ccccc54)n3)cc2)c1. The first-order chi connectivity index (χ1) is 32.2. The van der Waals surface area contributed by atoms with E-state index in [1.165, 1.54) is 66.4 Å². The van der Waals surface area contributed by atoms with Crippen molar-refractivity contribution < 1.29 is 0 Å². The van der Waals surface area contributed by atoms with E-state index in [-0.39, 0.29) is 0 Å². The first kappa shape index (κ1) is 37.0. The van der Waals surface area contributed by atoms with Gasteiger partial charge < -0.3 is 0 Å². The molecule has 2 aliphatic carbocycles.